The van der Waals surface area contributed by atoms with Crippen LogP contribution in [0.15, 0.2) is 12.2 Å². The van der Waals surface area contributed by atoms with Crippen LogP contribution in [0.2, 0.25) is 0 Å². The van der Waals surface area contributed by atoms with Gasteiger partial charge < -0.3 is 45.0 Å². The van der Waals surface area contributed by atoms with Crippen molar-refractivity contribution in [3.8, 4) is 0 Å². The predicted molar refractivity (Wildman–Crippen MR) is 92.3 cm³/mol. The van der Waals surface area contributed by atoms with E-state index in [1.165, 1.54) is 34.6 Å². The summed E-state index contributed by atoms with van der Waals surface area (Å²) in [5.74, 6) is -0.602. The zero-order chi connectivity index (χ0) is 22.0. The summed E-state index contributed by atoms with van der Waals surface area (Å²) in [6, 6.07) is 0. The number of carbonyl (C=O) groups excluding carboxylic acids is 3. The van der Waals surface area contributed by atoms with Gasteiger partial charge in [-0.2, -0.15) is 0 Å². The number of aliphatic carboxylic acids is 1. The van der Waals surface area contributed by atoms with E-state index in [1.807, 2.05) is 0 Å². The Balaban J connectivity index is -0.000000144. The number of carbonyl (C=O) groups is 4. The topological polar surface area (TPSA) is 190 Å². The number of ketones is 2. The van der Waals surface area contributed by atoms with Gasteiger partial charge in [-0.05, 0) is 34.6 Å². The molecule has 0 bridgehead atoms. The van der Waals surface area contributed by atoms with Gasteiger partial charge >= 0.3 is 5.97 Å². The minimum absolute atomic E-state index is 0.0258. The van der Waals surface area contributed by atoms with Crippen LogP contribution >= 0.6 is 0 Å². The van der Waals surface area contributed by atoms with Crippen molar-refractivity contribution < 1.29 is 49.8 Å². The lowest BCUT2D eigenvalue weighted by Gasteiger charge is -2.22. The molecule has 26 heavy (non-hydrogen) atoms. The number of aldehydes is 1. The summed E-state index contributed by atoms with van der Waals surface area (Å²) in [6.07, 6.45) is -6.84. The maximum Gasteiger partial charge on any atom is 0.330 e. The zero-order valence-corrected chi connectivity index (χ0v) is 15.6. The van der Waals surface area contributed by atoms with E-state index in [0.717, 1.165) is 0 Å². The van der Waals surface area contributed by atoms with E-state index in [1.54, 1.807) is 0 Å². The lowest BCUT2D eigenvalue weighted by Crippen LogP contribution is -2.46. The molecule has 0 aliphatic heterocycles. The van der Waals surface area contributed by atoms with E-state index < -0.39 is 37.0 Å². The van der Waals surface area contributed by atoms with Crippen LogP contribution in [0.5, 0.6) is 0 Å². The molecule has 0 saturated carbocycles. The Bertz CT molecular complexity index is 401. The van der Waals surface area contributed by atoms with Crippen LogP contribution < -0.4 is 0 Å². The third-order valence-corrected chi connectivity index (χ3v) is 1.79. The highest BCUT2D eigenvalue weighted by molar-refractivity contribution is 5.84. The summed E-state index contributed by atoms with van der Waals surface area (Å²) in [4.78, 5) is 38.4. The highest BCUT2D eigenvalue weighted by Crippen LogP contribution is 2.02. The number of rotatable bonds is 6. The Morgan fingerprint density at radius 1 is 0.885 bits per heavy atom. The fourth-order valence-corrected chi connectivity index (χ4v) is 0.618. The molecule has 6 N–H and O–H groups in total. The maximum absolute atomic E-state index is 9.90. The van der Waals surface area contributed by atoms with Crippen molar-refractivity contribution in [2.75, 3.05) is 6.61 Å². The van der Waals surface area contributed by atoms with Crippen LogP contribution in [-0.2, 0) is 19.2 Å². The van der Waals surface area contributed by atoms with Gasteiger partial charge in [-0.15, -0.1) is 0 Å². The zero-order valence-electron chi connectivity index (χ0n) is 15.6. The summed E-state index contributed by atoms with van der Waals surface area (Å²) < 4.78 is 0. The molecular formula is C16H30O10. The van der Waals surface area contributed by atoms with E-state index >= 15 is 0 Å². The maximum atomic E-state index is 9.90. The highest BCUT2D eigenvalue weighted by Gasteiger charge is 2.29. The van der Waals surface area contributed by atoms with E-state index in [-0.39, 0.29) is 23.4 Å². The van der Waals surface area contributed by atoms with Crippen LogP contribution in [0.3, 0.4) is 0 Å². The fourth-order valence-electron chi connectivity index (χ4n) is 0.618. The van der Waals surface area contributed by atoms with Gasteiger partial charge in [0.25, 0.3) is 0 Å². The third kappa shape index (κ3) is 30.0. The Morgan fingerprint density at radius 2 is 1.15 bits per heavy atom. The SMILES string of the molecule is C=C(C)C(=O)O.CC(C)=O.CC(C)=O.O=CC(O)C(O)C(O)C(O)CO. The van der Waals surface area contributed by atoms with Gasteiger partial charge in [0.2, 0.25) is 0 Å². The molecule has 154 valence electrons. The first kappa shape index (κ1) is 31.8. The molecule has 0 spiro atoms. The number of Topliss-reactive ketones (excluding diaryl/α,β-unsaturated/α-hetero) is 2. The van der Waals surface area contributed by atoms with Crippen LogP contribution in [0.25, 0.3) is 0 Å². The molecule has 0 aromatic heterocycles. The molecule has 10 nitrogen and oxygen atoms in total. The van der Waals surface area contributed by atoms with Gasteiger partial charge in [0.15, 0.2) is 6.29 Å². The Kier molecular flexibility index (Phi) is 23.6. The van der Waals surface area contributed by atoms with E-state index in [0.29, 0.717) is 0 Å². The number of aliphatic hydroxyl groups excluding tert-OH is 5. The molecule has 0 radical (unpaired) electrons. The first-order valence-corrected chi connectivity index (χ1v) is 7.27. The van der Waals surface area contributed by atoms with Crippen LogP contribution in [0, 0.1) is 0 Å². The lowest BCUT2D eigenvalue weighted by molar-refractivity contribution is -0.136. The number of hydrogen-bond donors (Lipinski definition) is 6. The second-order valence-electron chi connectivity index (χ2n) is 5.26. The average Bonchev–Trinajstić information content (AvgIpc) is 2.51. The van der Waals surface area contributed by atoms with Gasteiger partial charge in [-0.3, -0.25) is 0 Å². The quantitative estimate of drug-likeness (QED) is 0.232. The fraction of sp³-hybridized carbons (Fsp3) is 0.625. The molecular weight excluding hydrogens is 352 g/mol. The van der Waals surface area contributed by atoms with Crippen molar-refractivity contribution >= 4 is 23.8 Å². The molecule has 0 saturated heterocycles. The number of aliphatic hydroxyl groups is 5. The molecule has 4 unspecified atom stereocenters. The summed E-state index contributed by atoms with van der Waals surface area (Å²) in [7, 11) is 0. The minimum Gasteiger partial charge on any atom is -0.478 e. The molecule has 0 aromatic carbocycles. The Morgan fingerprint density at radius 3 is 1.31 bits per heavy atom. The molecule has 0 amide bonds. The van der Waals surface area contributed by atoms with Crippen molar-refractivity contribution in [2.24, 2.45) is 0 Å². The summed E-state index contributed by atoms with van der Waals surface area (Å²) in [5, 5.41) is 51.4. The van der Waals surface area contributed by atoms with Crippen LogP contribution in [-0.4, -0.2) is 85.5 Å². The first-order valence-electron chi connectivity index (χ1n) is 7.27. The second-order valence-corrected chi connectivity index (χ2v) is 5.26. The number of hydrogen-bond acceptors (Lipinski definition) is 9. The lowest BCUT2D eigenvalue weighted by atomic mass is 10.0. The van der Waals surface area contributed by atoms with Gasteiger partial charge in [-0.1, -0.05) is 6.58 Å². The standard InChI is InChI=1S/C6H12O6.C4H6O2.2C3H6O/c7-1-3(9)5(11)6(12)4(10)2-8;1-3(2)4(5)6;2*1-3(2)4/h1,3-6,8-12H,2H2;1H2,2H3,(H,5,6);2*1-2H3. The monoisotopic (exact) mass is 382 g/mol. The number of carboxylic acids is 1. The van der Waals surface area contributed by atoms with Crippen molar-refractivity contribution in [1.82, 2.24) is 0 Å². The highest BCUT2D eigenvalue weighted by atomic mass is 16.4. The molecule has 0 aliphatic rings. The summed E-state index contributed by atoms with van der Waals surface area (Å²) in [6.45, 7) is 9.95. The Labute approximate surface area is 152 Å². The molecule has 4 atom stereocenters. The van der Waals surface area contributed by atoms with Crippen LogP contribution in [0.1, 0.15) is 34.6 Å². The van der Waals surface area contributed by atoms with Crippen molar-refractivity contribution in [2.45, 2.75) is 59.0 Å². The molecule has 0 fully saturated rings. The van der Waals surface area contributed by atoms with Crippen molar-refractivity contribution in [1.29, 1.82) is 0 Å². The van der Waals surface area contributed by atoms with Gasteiger partial charge in [-0.25, -0.2) is 4.79 Å². The van der Waals surface area contributed by atoms with E-state index in [4.69, 9.17) is 30.6 Å². The molecule has 10 heteroatoms. The van der Waals surface area contributed by atoms with E-state index in [2.05, 4.69) is 6.58 Å². The first-order chi connectivity index (χ1) is 11.6. The smallest absolute Gasteiger partial charge is 0.330 e. The largest absolute Gasteiger partial charge is 0.478 e. The minimum atomic E-state index is -1.79. The van der Waals surface area contributed by atoms with Gasteiger partial charge in [0.05, 0.1) is 6.61 Å². The Hall–Kier alpha value is -1.98. The van der Waals surface area contributed by atoms with Gasteiger partial charge in [0.1, 0.15) is 36.0 Å². The molecule has 0 aliphatic carbocycles. The molecule has 0 heterocycles. The normalized spacial score (nSPS) is 13.5. The van der Waals surface area contributed by atoms with Gasteiger partial charge in [0, 0.05) is 5.57 Å². The van der Waals surface area contributed by atoms with Crippen LogP contribution in [0.4, 0.5) is 0 Å². The van der Waals surface area contributed by atoms with E-state index in [9.17, 15) is 19.2 Å². The van der Waals surface area contributed by atoms with Crippen molar-refractivity contribution in [3.63, 3.8) is 0 Å². The third-order valence-electron chi connectivity index (χ3n) is 1.79. The second kappa shape index (κ2) is 19.3. The number of carboxylic acid groups (broad SMARTS) is 1. The summed E-state index contributed by atoms with van der Waals surface area (Å²) >= 11 is 0. The summed E-state index contributed by atoms with van der Waals surface area (Å²) in [5.41, 5.74) is 0.176. The predicted octanol–water partition coefficient (Wildman–Crippen LogP) is -1.54. The van der Waals surface area contributed by atoms with Crippen molar-refractivity contribution in [3.05, 3.63) is 12.2 Å². The molecule has 0 aromatic rings. The molecule has 0 rings (SSSR count). The average molecular weight is 382 g/mol.